The Morgan fingerprint density at radius 3 is 2.37 bits per heavy atom. The van der Waals surface area contributed by atoms with Crippen LogP contribution >= 0.6 is 0 Å². The largest absolute Gasteiger partial charge is 0.269 e. The molecule has 0 aliphatic carbocycles. The Hall–Kier alpha value is -1.62. The Morgan fingerprint density at radius 2 is 1.84 bits per heavy atom. The van der Waals surface area contributed by atoms with E-state index in [1.54, 1.807) is 12.1 Å². The fourth-order valence-electron chi connectivity index (χ4n) is 1.92. The molecule has 0 aliphatic heterocycles. The highest BCUT2D eigenvalue weighted by Gasteiger charge is 2.21. The smallest absolute Gasteiger partial charge is 0.240 e. The van der Waals surface area contributed by atoms with E-state index in [0.29, 0.717) is 10.7 Å². The van der Waals surface area contributed by atoms with Gasteiger partial charge in [0.25, 0.3) is 10.0 Å². The van der Waals surface area contributed by atoms with Crippen molar-refractivity contribution in [1.82, 2.24) is 8.96 Å². The van der Waals surface area contributed by atoms with Crippen molar-refractivity contribution in [2.45, 2.75) is 38.0 Å². The standard InChI is InChI=1S/C14H18N2O2S/c1-4-12-5-7-13(8-6-12)19(17,18)16-10-9-15-14(16)11(2)3/h5-11H,4H2,1-3H3. The number of nitrogens with zero attached hydrogens (tertiary/aromatic N) is 2. The quantitative estimate of drug-likeness (QED) is 0.864. The lowest BCUT2D eigenvalue weighted by Crippen LogP contribution is -2.16. The van der Waals surface area contributed by atoms with E-state index in [2.05, 4.69) is 4.98 Å². The van der Waals surface area contributed by atoms with Crippen LogP contribution < -0.4 is 0 Å². The van der Waals surface area contributed by atoms with E-state index in [-0.39, 0.29) is 5.92 Å². The summed E-state index contributed by atoms with van der Waals surface area (Å²) in [7, 11) is -3.54. The molecular formula is C14H18N2O2S. The number of hydrogen-bond donors (Lipinski definition) is 0. The molecule has 0 fully saturated rings. The van der Waals surface area contributed by atoms with E-state index in [1.165, 1.54) is 16.4 Å². The minimum atomic E-state index is -3.54. The van der Waals surface area contributed by atoms with Crippen molar-refractivity contribution >= 4 is 10.0 Å². The van der Waals surface area contributed by atoms with Crippen molar-refractivity contribution in [3.05, 3.63) is 48.0 Å². The van der Waals surface area contributed by atoms with Gasteiger partial charge in [0.15, 0.2) is 0 Å². The molecule has 0 unspecified atom stereocenters. The zero-order valence-electron chi connectivity index (χ0n) is 11.4. The second-order valence-electron chi connectivity index (χ2n) is 4.74. The van der Waals surface area contributed by atoms with E-state index in [1.807, 2.05) is 32.9 Å². The van der Waals surface area contributed by atoms with Crippen LogP contribution in [0.2, 0.25) is 0 Å². The molecule has 1 heterocycles. The average molecular weight is 278 g/mol. The van der Waals surface area contributed by atoms with Gasteiger partial charge in [-0.2, -0.15) is 0 Å². The summed E-state index contributed by atoms with van der Waals surface area (Å²) in [4.78, 5) is 4.42. The second-order valence-corrected chi connectivity index (χ2v) is 6.55. The summed E-state index contributed by atoms with van der Waals surface area (Å²) in [5, 5.41) is 0. The molecule has 4 nitrogen and oxygen atoms in total. The zero-order valence-corrected chi connectivity index (χ0v) is 12.2. The first-order valence-corrected chi connectivity index (χ1v) is 7.78. The van der Waals surface area contributed by atoms with Crippen LogP contribution in [0.25, 0.3) is 0 Å². The Labute approximate surface area is 114 Å². The summed E-state index contributed by atoms with van der Waals surface area (Å²) in [6.07, 6.45) is 3.91. The topological polar surface area (TPSA) is 52.0 Å². The van der Waals surface area contributed by atoms with E-state index in [4.69, 9.17) is 0 Å². The molecule has 2 aromatic rings. The minimum absolute atomic E-state index is 0.0553. The molecule has 102 valence electrons. The molecule has 5 heteroatoms. The first-order valence-electron chi connectivity index (χ1n) is 6.34. The number of imidazole rings is 1. The zero-order chi connectivity index (χ0) is 14.0. The van der Waals surface area contributed by atoms with Crippen LogP contribution in [-0.4, -0.2) is 17.4 Å². The molecule has 0 N–H and O–H groups in total. The first kappa shape index (κ1) is 13.8. The molecule has 0 saturated heterocycles. The molecule has 0 saturated carbocycles. The summed E-state index contributed by atoms with van der Waals surface area (Å²) < 4.78 is 26.3. The third-order valence-corrected chi connectivity index (χ3v) is 4.73. The highest BCUT2D eigenvalue weighted by molar-refractivity contribution is 7.90. The summed E-state index contributed by atoms with van der Waals surface area (Å²) in [6.45, 7) is 5.89. The molecule has 1 aromatic heterocycles. The number of aromatic nitrogens is 2. The molecule has 0 atom stereocenters. The van der Waals surface area contributed by atoms with Gasteiger partial charge >= 0.3 is 0 Å². The third-order valence-electron chi connectivity index (χ3n) is 3.04. The molecule has 2 rings (SSSR count). The Balaban J connectivity index is 2.49. The van der Waals surface area contributed by atoms with Crippen molar-refractivity contribution in [1.29, 1.82) is 0 Å². The molecule has 0 spiro atoms. The summed E-state index contributed by atoms with van der Waals surface area (Å²) in [6, 6.07) is 6.99. The van der Waals surface area contributed by atoms with Crippen LogP contribution in [0.4, 0.5) is 0 Å². The van der Waals surface area contributed by atoms with Gasteiger partial charge in [0.2, 0.25) is 0 Å². The van der Waals surface area contributed by atoms with Gasteiger partial charge in [-0.3, -0.25) is 0 Å². The lowest BCUT2D eigenvalue weighted by atomic mass is 10.2. The van der Waals surface area contributed by atoms with Gasteiger partial charge in [-0.05, 0) is 24.1 Å². The van der Waals surface area contributed by atoms with E-state index >= 15 is 0 Å². The summed E-state index contributed by atoms with van der Waals surface area (Å²) in [5.74, 6) is 0.610. The third kappa shape index (κ3) is 2.56. The van der Waals surface area contributed by atoms with Crippen LogP contribution in [0.15, 0.2) is 41.6 Å². The van der Waals surface area contributed by atoms with Gasteiger partial charge in [-0.25, -0.2) is 17.4 Å². The number of benzene rings is 1. The molecule has 19 heavy (non-hydrogen) atoms. The molecule has 1 aromatic carbocycles. The number of aryl methyl sites for hydroxylation is 1. The van der Waals surface area contributed by atoms with E-state index < -0.39 is 10.0 Å². The van der Waals surface area contributed by atoms with Crippen molar-refractivity contribution in [3.8, 4) is 0 Å². The van der Waals surface area contributed by atoms with Crippen LogP contribution in [0.5, 0.6) is 0 Å². The van der Waals surface area contributed by atoms with Gasteiger partial charge in [-0.1, -0.05) is 32.9 Å². The van der Waals surface area contributed by atoms with Crippen LogP contribution in [0.3, 0.4) is 0 Å². The van der Waals surface area contributed by atoms with E-state index in [0.717, 1.165) is 12.0 Å². The van der Waals surface area contributed by atoms with Gasteiger partial charge in [0.1, 0.15) is 5.82 Å². The highest BCUT2D eigenvalue weighted by Crippen LogP contribution is 2.20. The summed E-state index contributed by atoms with van der Waals surface area (Å²) in [5.41, 5.74) is 1.12. The number of hydrogen-bond acceptors (Lipinski definition) is 3. The minimum Gasteiger partial charge on any atom is -0.240 e. The Kier molecular flexibility index (Phi) is 3.75. The maximum absolute atomic E-state index is 12.5. The predicted molar refractivity (Wildman–Crippen MR) is 74.7 cm³/mol. The normalized spacial score (nSPS) is 12.0. The maximum atomic E-state index is 12.5. The van der Waals surface area contributed by atoms with Gasteiger partial charge in [-0.15, -0.1) is 0 Å². The van der Waals surface area contributed by atoms with Crippen LogP contribution in [0.1, 0.15) is 38.1 Å². The maximum Gasteiger partial charge on any atom is 0.269 e. The SMILES string of the molecule is CCc1ccc(S(=O)(=O)n2ccnc2C(C)C)cc1. The van der Waals surface area contributed by atoms with E-state index in [9.17, 15) is 8.42 Å². The van der Waals surface area contributed by atoms with Gasteiger partial charge < -0.3 is 0 Å². The van der Waals surface area contributed by atoms with Crippen LogP contribution in [-0.2, 0) is 16.4 Å². The van der Waals surface area contributed by atoms with Crippen LogP contribution in [0, 0.1) is 0 Å². The summed E-state index contributed by atoms with van der Waals surface area (Å²) >= 11 is 0. The predicted octanol–water partition coefficient (Wildman–Crippen LogP) is 2.81. The van der Waals surface area contributed by atoms with Gasteiger partial charge in [0.05, 0.1) is 4.90 Å². The highest BCUT2D eigenvalue weighted by atomic mass is 32.2. The van der Waals surface area contributed by atoms with Crippen molar-refractivity contribution in [3.63, 3.8) is 0 Å². The molecule has 0 bridgehead atoms. The Bertz CT molecular complexity index is 655. The Morgan fingerprint density at radius 1 is 1.21 bits per heavy atom. The fourth-order valence-corrected chi connectivity index (χ4v) is 3.35. The first-order chi connectivity index (χ1) is 8.96. The molecule has 0 radical (unpaired) electrons. The van der Waals surface area contributed by atoms with Gasteiger partial charge in [0, 0.05) is 18.3 Å². The average Bonchev–Trinajstić information content (AvgIpc) is 2.89. The molecule has 0 amide bonds. The van der Waals surface area contributed by atoms with Crippen molar-refractivity contribution in [2.24, 2.45) is 0 Å². The monoisotopic (exact) mass is 278 g/mol. The van der Waals surface area contributed by atoms with Crippen molar-refractivity contribution in [2.75, 3.05) is 0 Å². The fraction of sp³-hybridized carbons (Fsp3) is 0.357. The second kappa shape index (κ2) is 5.17. The lowest BCUT2D eigenvalue weighted by molar-refractivity contribution is 0.581. The lowest BCUT2D eigenvalue weighted by Gasteiger charge is -2.11. The number of rotatable bonds is 4. The van der Waals surface area contributed by atoms with Crippen molar-refractivity contribution < 1.29 is 8.42 Å². The molecule has 0 aliphatic rings. The molecular weight excluding hydrogens is 260 g/mol.